The molecule has 21 heavy (non-hydrogen) atoms. The third-order valence-corrected chi connectivity index (χ3v) is 5.16. The normalized spacial score (nSPS) is 11.5. The second kappa shape index (κ2) is 6.37. The highest BCUT2D eigenvalue weighted by Crippen LogP contribution is 2.23. The summed E-state index contributed by atoms with van der Waals surface area (Å²) in [6.07, 6.45) is 3.57. The van der Waals surface area contributed by atoms with E-state index < -0.39 is 16.0 Å². The molecule has 1 aromatic heterocycles. The van der Waals surface area contributed by atoms with E-state index in [0.717, 1.165) is 11.8 Å². The van der Waals surface area contributed by atoms with Gasteiger partial charge in [0.05, 0.1) is 16.8 Å². The van der Waals surface area contributed by atoms with Crippen LogP contribution < -0.4 is 4.72 Å². The van der Waals surface area contributed by atoms with Gasteiger partial charge >= 0.3 is 5.97 Å². The summed E-state index contributed by atoms with van der Waals surface area (Å²) in [7, 11) is -3.79. The molecule has 0 aliphatic carbocycles. The molecule has 1 heterocycles. The van der Waals surface area contributed by atoms with E-state index in [0.29, 0.717) is 10.9 Å². The number of halogens is 1. The van der Waals surface area contributed by atoms with Crippen LogP contribution in [-0.2, 0) is 16.4 Å². The Morgan fingerprint density at radius 2 is 2.19 bits per heavy atom. The van der Waals surface area contributed by atoms with Crippen molar-refractivity contribution in [2.45, 2.75) is 11.3 Å². The van der Waals surface area contributed by atoms with Crippen molar-refractivity contribution in [3.63, 3.8) is 0 Å². The first-order valence-corrected chi connectivity index (χ1v) is 8.17. The highest BCUT2D eigenvalue weighted by Gasteiger charge is 2.19. The summed E-state index contributed by atoms with van der Waals surface area (Å²) >= 11 is 3.12. The lowest BCUT2D eigenvalue weighted by Crippen LogP contribution is -2.26. The van der Waals surface area contributed by atoms with Gasteiger partial charge in [0.1, 0.15) is 0 Å². The molecule has 0 radical (unpaired) electrons. The molecule has 7 nitrogen and oxygen atoms in total. The number of aromatic amines is 1. The molecule has 0 unspecified atom stereocenters. The zero-order chi connectivity index (χ0) is 15.5. The lowest BCUT2D eigenvalue weighted by molar-refractivity contribution is 0.0696. The molecule has 2 aromatic rings. The first kappa shape index (κ1) is 15.7. The van der Waals surface area contributed by atoms with Crippen LogP contribution in [0.2, 0.25) is 0 Å². The Morgan fingerprint density at radius 1 is 1.43 bits per heavy atom. The fourth-order valence-corrected chi connectivity index (χ4v) is 3.68. The number of nitrogens with zero attached hydrogens (tertiary/aromatic N) is 1. The number of carbonyl (C=O) groups is 1. The van der Waals surface area contributed by atoms with Gasteiger partial charge in [-0.1, -0.05) is 0 Å². The van der Waals surface area contributed by atoms with Crippen LogP contribution in [0.5, 0.6) is 0 Å². The van der Waals surface area contributed by atoms with Crippen LogP contribution in [0, 0.1) is 0 Å². The molecule has 0 saturated heterocycles. The summed E-state index contributed by atoms with van der Waals surface area (Å²) in [6.45, 7) is 0.175. The number of carboxylic acid groups (broad SMARTS) is 1. The number of benzene rings is 1. The van der Waals surface area contributed by atoms with Gasteiger partial charge in [-0.15, -0.1) is 0 Å². The van der Waals surface area contributed by atoms with Crippen molar-refractivity contribution in [1.29, 1.82) is 0 Å². The second-order valence-corrected chi connectivity index (χ2v) is 6.76. The highest BCUT2D eigenvalue weighted by molar-refractivity contribution is 9.10. The van der Waals surface area contributed by atoms with E-state index in [1.807, 2.05) is 0 Å². The predicted octanol–water partition coefficient (Wildman–Crippen LogP) is 1.39. The summed E-state index contributed by atoms with van der Waals surface area (Å²) in [5.41, 5.74) is 0.711. The van der Waals surface area contributed by atoms with Gasteiger partial charge in [0.2, 0.25) is 10.0 Å². The topological polar surface area (TPSA) is 112 Å². The Kier molecular flexibility index (Phi) is 4.76. The molecule has 0 bridgehead atoms. The number of aromatic nitrogens is 2. The largest absolute Gasteiger partial charge is 0.478 e. The smallest absolute Gasteiger partial charge is 0.335 e. The molecule has 0 saturated carbocycles. The Bertz CT molecular complexity index is 744. The van der Waals surface area contributed by atoms with Crippen molar-refractivity contribution in [2.75, 3.05) is 6.54 Å². The fourth-order valence-electron chi connectivity index (χ4n) is 1.66. The fraction of sp³-hybridized carbons (Fsp3) is 0.167. The standard InChI is InChI=1S/C12H12BrN3O4S/c13-10-2-1-8(12(17)18)5-11(10)21(19,20)16-4-3-9-6-14-7-15-9/h1-2,5-7,16H,3-4H2,(H,14,15)(H,17,18). The van der Waals surface area contributed by atoms with E-state index >= 15 is 0 Å². The van der Waals surface area contributed by atoms with Crippen molar-refractivity contribution < 1.29 is 18.3 Å². The van der Waals surface area contributed by atoms with Crippen LogP contribution in [0.25, 0.3) is 0 Å². The Balaban J connectivity index is 2.15. The number of hydrogen-bond acceptors (Lipinski definition) is 4. The Labute approximate surface area is 129 Å². The lowest BCUT2D eigenvalue weighted by atomic mass is 10.2. The molecular formula is C12H12BrN3O4S. The Hall–Kier alpha value is -1.71. The van der Waals surface area contributed by atoms with Gasteiger partial charge in [-0.25, -0.2) is 22.9 Å². The number of aromatic carboxylic acids is 1. The van der Waals surface area contributed by atoms with Gasteiger partial charge in [0.25, 0.3) is 0 Å². The molecule has 0 aliphatic heterocycles. The van der Waals surface area contributed by atoms with E-state index in [9.17, 15) is 13.2 Å². The van der Waals surface area contributed by atoms with Crippen LogP contribution in [0.15, 0.2) is 40.1 Å². The maximum Gasteiger partial charge on any atom is 0.335 e. The van der Waals surface area contributed by atoms with Gasteiger partial charge in [-0.2, -0.15) is 0 Å². The van der Waals surface area contributed by atoms with Crippen molar-refractivity contribution in [1.82, 2.24) is 14.7 Å². The zero-order valence-corrected chi connectivity index (χ0v) is 13.1. The van der Waals surface area contributed by atoms with Gasteiger partial charge in [0, 0.05) is 29.3 Å². The first-order chi connectivity index (χ1) is 9.90. The monoisotopic (exact) mass is 373 g/mol. The summed E-state index contributed by atoms with van der Waals surface area (Å²) in [5.74, 6) is -1.18. The quantitative estimate of drug-likeness (QED) is 0.708. The maximum atomic E-state index is 12.2. The Morgan fingerprint density at radius 3 is 2.81 bits per heavy atom. The van der Waals surface area contributed by atoms with Crippen LogP contribution in [0.3, 0.4) is 0 Å². The number of rotatable bonds is 6. The van der Waals surface area contributed by atoms with Gasteiger partial charge in [0.15, 0.2) is 0 Å². The minimum Gasteiger partial charge on any atom is -0.478 e. The van der Waals surface area contributed by atoms with Crippen LogP contribution in [0.1, 0.15) is 16.1 Å². The van der Waals surface area contributed by atoms with Gasteiger partial charge in [-0.05, 0) is 34.1 Å². The van der Waals surface area contributed by atoms with E-state index in [-0.39, 0.29) is 17.0 Å². The molecule has 0 fully saturated rings. The van der Waals surface area contributed by atoms with Crippen LogP contribution >= 0.6 is 15.9 Å². The van der Waals surface area contributed by atoms with Crippen molar-refractivity contribution in [3.05, 3.63) is 46.5 Å². The highest BCUT2D eigenvalue weighted by atomic mass is 79.9. The summed E-state index contributed by atoms with van der Waals surface area (Å²) in [6, 6.07) is 3.84. The van der Waals surface area contributed by atoms with Gasteiger partial charge < -0.3 is 10.1 Å². The van der Waals surface area contributed by atoms with Gasteiger partial charge in [-0.3, -0.25) is 0 Å². The van der Waals surface area contributed by atoms with Crippen molar-refractivity contribution >= 4 is 31.9 Å². The number of hydrogen-bond donors (Lipinski definition) is 3. The SMILES string of the molecule is O=C(O)c1ccc(Br)c(S(=O)(=O)NCCc2cnc[nH]2)c1. The third kappa shape index (κ3) is 3.90. The molecule has 0 amide bonds. The number of carboxylic acids is 1. The molecule has 0 atom stereocenters. The lowest BCUT2D eigenvalue weighted by Gasteiger charge is -2.09. The predicted molar refractivity (Wildman–Crippen MR) is 78.6 cm³/mol. The first-order valence-electron chi connectivity index (χ1n) is 5.90. The molecular weight excluding hydrogens is 362 g/mol. The summed E-state index contributed by atoms with van der Waals surface area (Å²) in [4.78, 5) is 17.5. The minimum absolute atomic E-state index is 0.0906. The molecule has 9 heteroatoms. The molecule has 112 valence electrons. The molecule has 3 N–H and O–H groups in total. The van der Waals surface area contributed by atoms with E-state index in [1.54, 1.807) is 6.20 Å². The van der Waals surface area contributed by atoms with Crippen LogP contribution in [-0.4, -0.2) is 36.0 Å². The molecule has 1 aromatic carbocycles. The molecule has 2 rings (SSSR count). The van der Waals surface area contributed by atoms with E-state index in [1.165, 1.54) is 18.5 Å². The third-order valence-electron chi connectivity index (χ3n) is 2.71. The van der Waals surface area contributed by atoms with E-state index in [4.69, 9.17) is 5.11 Å². The second-order valence-electron chi connectivity index (χ2n) is 4.17. The average molecular weight is 374 g/mol. The summed E-state index contributed by atoms with van der Waals surface area (Å²) < 4.78 is 27.1. The van der Waals surface area contributed by atoms with E-state index in [2.05, 4.69) is 30.6 Å². The average Bonchev–Trinajstić information content (AvgIpc) is 2.91. The zero-order valence-electron chi connectivity index (χ0n) is 10.7. The number of H-pyrrole nitrogens is 1. The van der Waals surface area contributed by atoms with Crippen molar-refractivity contribution in [3.8, 4) is 0 Å². The number of imidazole rings is 1. The number of sulfonamides is 1. The van der Waals surface area contributed by atoms with Crippen LogP contribution in [0.4, 0.5) is 0 Å². The minimum atomic E-state index is -3.79. The molecule has 0 spiro atoms. The van der Waals surface area contributed by atoms with Crippen molar-refractivity contribution in [2.24, 2.45) is 0 Å². The maximum absolute atomic E-state index is 12.2. The number of nitrogens with one attached hydrogen (secondary N) is 2. The molecule has 0 aliphatic rings. The summed E-state index contributed by atoms with van der Waals surface area (Å²) in [5, 5.41) is 8.93.